The molecule has 2 amide bonds. The van der Waals surface area contributed by atoms with Crippen LogP contribution in [0.1, 0.15) is 38.2 Å². The molecule has 2 N–H and O–H groups in total. The monoisotopic (exact) mass is 476 g/mol. The average Bonchev–Trinajstić information content (AvgIpc) is 3.08. The van der Waals surface area contributed by atoms with Crippen molar-refractivity contribution in [2.45, 2.75) is 38.8 Å². The van der Waals surface area contributed by atoms with E-state index in [4.69, 9.17) is 0 Å². The number of likely N-dealkylation sites (N-methyl/N-ethyl adjacent to an activating group) is 1. The Hall–Kier alpha value is -3.07. The van der Waals surface area contributed by atoms with Gasteiger partial charge in [0.1, 0.15) is 0 Å². The van der Waals surface area contributed by atoms with Crippen LogP contribution < -0.4 is 15.5 Å². The molecule has 2 aromatic rings. The van der Waals surface area contributed by atoms with Crippen LogP contribution in [0.3, 0.4) is 0 Å². The summed E-state index contributed by atoms with van der Waals surface area (Å²) in [7, 11) is 0. The number of carbonyl (C=O) groups is 2. The minimum absolute atomic E-state index is 0.0568. The number of carbonyl (C=O) groups excluding carboxylic acids is 2. The van der Waals surface area contributed by atoms with E-state index in [0.717, 1.165) is 24.8 Å². The first-order valence-corrected chi connectivity index (χ1v) is 11.6. The maximum Gasteiger partial charge on any atom is 0.418 e. The average molecular weight is 477 g/mol. The molecule has 0 spiro atoms. The lowest BCUT2D eigenvalue weighted by atomic mass is 10.1. The van der Waals surface area contributed by atoms with Crippen molar-refractivity contribution in [3.63, 3.8) is 0 Å². The van der Waals surface area contributed by atoms with Crippen molar-refractivity contribution in [2.24, 2.45) is 0 Å². The number of halogens is 3. The van der Waals surface area contributed by atoms with E-state index in [2.05, 4.69) is 15.5 Å². The van der Waals surface area contributed by atoms with E-state index in [1.54, 1.807) is 11.8 Å². The van der Waals surface area contributed by atoms with Gasteiger partial charge in [0.05, 0.1) is 24.3 Å². The molecule has 0 saturated carbocycles. The van der Waals surface area contributed by atoms with Crippen LogP contribution in [-0.2, 0) is 15.8 Å². The Morgan fingerprint density at radius 3 is 2.06 bits per heavy atom. The highest BCUT2D eigenvalue weighted by atomic mass is 19.4. The number of rotatable bonds is 8. The highest BCUT2D eigenvalue weighted by molar-refractivity contribution is 5.95. The molecule has 0 radical (unpaired) electrons. The summed E-state index contributed by atoms with van der Waals surface area (Å²) in [5, 5.41) is 5.13. The Morgan fingerprint density at radius 2 is 1.47 bits per heavy atom. The predicted octanol–water partition coefficient (Wildman–Crippen LogP) is 4.98. The zero-order chi connectivity index (χ0) is 24.6. The largest absolute Gasteiger partial charge is 0.418 e. The molecule has 1 heterocycles. The van der Waals surface area contributed by atoms with Gasteiger partial charge in [0.15, 0.2) is 0 Å². The second-order valence-electron chi connectivity index (χ2n) is 8.39. The van der Waals surface area contributed by atoms with Crippen LogP contribution >= 0.6 is 0 Å². The fourth-order valence-corrected chi connectivity index (χ4v) is 4.00. The van der Waals surface area contributed by atoms with Gasteiger partial charge in [-0.15, -0.1) is 0 Å². The van der Waals surface area contributed by atoms with E-state index >= 15 is 0 Å². The molecule has 0 atom stereocenters. The van der Waals surface area contributed by atoms with E-state index in [1.807, 2.05) is 24.3 Å². The van der Waals surface area contributed by atoms with Gasteiger partial charge in [-0.1, -0.05) is 31.9 Å². The lowest BCUT2D eigenvalue weighted by Crippen LogP contribution is -2.38. The minimum atomic E-state index is -4.57. The first kappa shape index (κ1) is 25.6. The molecule has 3 rings (SSSR count). The van der Waals surface area contributed by atoms with Crippen molar-refractivity contribution in [1.29, 1.82) is 0 Å². The molecule has 1 aliphatic heterocycles. The molecule has 184 valence electrons. The van der Waals surface area contributed by atoms with Gasteiger partial charge >= 0.3 is 6.18 Å². The first-order valence-electron chi connectivity index (χ1n) is 11.6. The fraction of sp³-hybridized carbons (Fsp3) is 0.440. The quantitative estimate of drug-likeness (QED) is 0.564. The second kappa shape index (κ2) is 11.9. The zero-order valence-corrected chi connectivity index (χ0v) is 19.3. The summed E-state index contributed by atoms with van der Waals surface area (Å²) < 4.78 is 39.4. The molecule has 1 fully saturated rings. The summed E-state index contributed by atoms with van der Waals surface area (Å²) in [6.45, 7) is 3.97. The SMILES string of the molecule is CCN(CC(=O)Nc1ccc(N2CCCCCC2)cc1)CC(=O)Nc1ccccc1C(F)(F)F. The molecule has 1 aliphatic rings. The third-order valence-corrected chi connectivity index (χ3v) is 5.81. The van der Waals surface area contributed by atoms with Crippen LogP contribution in [0.25, 0.3) is 0 Å². The Labute approximate surface area is 198 Å². The van der Waals surface area contributed by atoms with Gasteiger partial charge in [-0.3, -0.25) is 14.5 Å². The first-order chi connectivity index (χ1) is 16.3. The van der Waals surface area contributed by atoms with Gasteiger partial charge < -0.3 is 15.5 Å². The van der Waals surface area contributed by atoms with Crippen molar-refractivity contribution >= 4 is 28.9 Å². The normalized spacial score (nSPS) is 14.6. The summed E-state index contributed by atoms with van der Waals surface area (Å²) in [6.07, 6.45) is 0.301. The number of nitrogens with zero attached hydrogens (tertiary/aromatic N) is 2. The van der Waals surface area contributed by atoms with Gasteiger partial charge in [0.2, 0.25) is 11.8 Å². The summed E-state index contributed by atoms with van der Waals surface area (Å²) in [5.41, 5.74) is 0.576. The van der Waals surface area contributed by atoms with Crippen LogP contribution in [0, 0.1) is 0 Å². The molecule has 2 aromatic carbocycles. The topological polar surface area (TPSA) is 64.7 Å². The Bertz CT molecular complexity index is 955. The summed E-state index contributed by atoms with van der Waals surface area (Å²) in [5.74, 6) is -0.916. The van der Waals surface area contributed by atoms with Crippen LogP contribution in [0.2, 0.25) is 0 Å². The molecule has 0 bridgehead atoms. The standard InChI is InChI=1S/C25H31F3N4O2/c1-2-31(18-24(34)30-22-10-6-5-9-21(22)25(26,27)28)17-23(33)29-19-11-13-20(14-12-19)32-15-7-3-4-8-16-32/h5-6,9-14H,2-4,7-8,15-18H2,1H3,(H,29,33)(H,30,34). The highest BCUT2D eigenvalue weighted by Gasteiger charge is 2.33. The molecule has 6 nitrogen and oxygen atoms in total. The summed E-state index contributed by atoms with van der Waals surface area (Å²) in [4.78, 5) is 28.8. The van der Waals surface area contributed by atoms with Gasteiger partial charge in [0, 0.05) is 24.5 Å². The number of alkyl halides is 3. The predicted molar refractivity (Wildman–Crippen MR) is 128 cm³/mol. The van der Waals surface area contributed by atoms with Crippen LogP contribution in [0.15, 0.2) is 48.5 Å². The summed E-state index contributed by atoms with van der Waals surface area (Å²) in [6, 6.07) is 12.5. The van der Waals surface area contributed by atoms with Crippen molar-refractivity contribution in [3.8, 4) is 0 Å². The van der Waals surface area contributed by atoms with E-state index in [9.17, 15) is 22.8 Å². The molecular weight excluding hydrogens is 445 g/mol. The van der Waals surface area contributed by atoms with E-state index in [-0.39, 0.29) is 24.7 Å². The number of nitrogens with one attached hydrogen (secondary N) is 2. The molecule has 0 aliphatic carbocycles. The Balaban J connectivity index is 1.52. The van der Waals surface area contributed by atoms with Gasteiger partial charge in [-0.25, -0.2) is 0 Å². The number of hydrogen-bond acceptors (Lipinski definition) is 4. The highest BCUT2D eigenvalue weighted by Crippen LogP contribution is 2.34. The minimum Gasteiger partial charge on any atom is -0.372 e. The van der Waals surface area contributed by atoms with Crippen LogP contribution in [0.4, 0.5) is 30.2 Å². The van der Waals surface area contributed by atoms with E-state index in [0.29, 0.717) is 12.2 Å². The molecular formula is C25H31F3N4O2. The van der Waals surface area contributed by atoms with Gasteiger partial charge in [-0.05, 0) is 55.8 Å². The molecule has 1 saturated heterocycles. The number of benzene rings is 2. The van der Waals surface area contributed by atoms with Crippen molar-refractivity contribution in [2.75, 3.05) is 48.3 Å². The molecule has 9 heteroatoms. The number of anilines is 3. The Kier molecular flexibility index (Phi) is 8.92. The van der Waals surface area contributed by atoms with Crippen molar-refractivity contribution < 1.29 is 22.8 Å². The van der Waals surface area contributed by atoms with Crippen molar-refractivity contribution in [1.82, 2.24) is 4.90 Å². The number of para-hydroxylation sites is 1. The number of amides is 2. The maximum absolute atomic E-state index is 13.1. The lowest BCUT2D eigenvalue weighted by Gasteiger charge is -2.23. The van der Waals surface area contributed by atoms with Crippen LogP contribution in [-0.4, -0.2) is 49.4 Å². The van der Waals surface area contributed by atoms with E-state index < -0.39 is 17.6 Å². The smallest absolute Gasteiger partial charge is 0.372 e. The van der Waals surface area contributed by atoms with Crippen molar-refractivity contribution in [3.05, 3.63) is 54.1 Å². The zero-order valence-electron chi connectivity index (χ0n) is 19.3. The van der Waals surface area contributed by atoms with Gasteiger partial charge in [-0.2, -0.15) is 13.2 Å². The van der Waals surface area contributed by atoms with Crippen LogP contribution in [0.5, 0.6) is 0 Å². The van der Waals surface area contributed by atoms with Gasteiger partial charge in [0.25, 0.3) is 0 Å². The molecule has 0 aromatic heterocycles. The second-order valence-corrected chi connectivity index (χ2v) is 8.39. The molecule has 34 heavy (non-hydrogen) atoms. The maximum atomic E-state index is 13.1. The third kappa shape index (κ3) is 7.48. The third-order valence-electron chi connectivity index (χ3n) is 5.81. The summed E-state index contributed by atoms with van der Waals surface area (Å²) >= 11 is 0. The number of hydrogen-bond donors (Lipinski definition) is 2. The van der Waals surface area contributed by atoms with E-state index in [1.165, 1.54) is 43.9 Å². The fourth-order valence-electron chi connectivity index (χ4n) is 4.00. The molecule has 0 unspecified atom stereocenters. The lowest BCUT2D eigenvalue weighted by molar-refractivity contribution is -0.137. The Morgan fingerprint density at radius 1 is 0.882 bits per heavy atom.